The second-order valence-corrected chi connectivity index (χ2v) is 10.7. The molecular formula is C26H26N4O4S. The Hall–Kier alpha value is -3.53. The molecule has 1 saturated heterocycles. The van der Waals surface area contributed by atoms with Gasteiger partial charge in [0.05, 0.1) is 18.0 Å². The highest BCUT2D eigenvalue weighted by Crippen LogP contribution is 2.39. The average molecular weight is 491 g/mol. The number of rotatable bonds is 6. The second-order valence-electron chi connectivity index (χ2n) is 8.74. The van der Waals surface area contributed by atoms with E-state index in [1.165, 1.54) is 7.05 Å². The summed E-state index contributed by atoms with van der Waals surface area (Å²) in [6.07, 6.45) is 3.67. The SMILES string of the molecule is COc1ccc2ccc(S(=O)(=O)N(C)[C@]3(C(N)c4ccc5ccncc5c4)CCNC3=O)cc2c1. The van der Waals surface area contributed by atoms with E-state index in [0.29, 0.717) is 17.9 Å². The summed E-state index contributed by atoms with van der Waals surface area (Å²) in [6.45, 7) is 0.330. The van der Waals surface area contributed by atoms with Crippen LogP contribution < -0.4 is 15.8 Å². The van der Waals surface area contributed by atoms with Gasteiger partial charge in [-0.25, -0.2) is 8.42 Å². The third-order valence-corrected chi connectivity index (χ3v) is 8.86. The molecule has 1 fully saturated rings. The minimum absolute atomic E-state index is 0.0785. The van der Waals surface area contributed by atoms with Crippen LogP contribution >= 0.6 is 0 Å². The Kier molecular flexibility index (Phi) is 5.71. The number of hydrogen-bond donors (Lipinski definition) is 2. The van der Waals surface area contributed by atoms with Gasteiger partial charge in [-0.1, -0.05) is 24.3 Å². The van der Waals surface area contributed by atoms with Crippen LogP contribution in [0.5, 0.6) is 5.75 Å². The van der Waals surface area contributed by atoms with Crippen molar-refractivity contribution < 1.29 is 17.9 Å². The van der Waals surface area contributed by atoms with E-state index in [4.69, 9.17) is 10.5 Å². The van der Waals surface area contributed by atoms with E-state index in [9.17, 15) is 13.2 Å². The standard InChI is InChI=1S/C26H26N4O4S/c1-30(35(32,33)23-8-6-17-5-7-22(34-2)14-20(17)15-23)26(10-12-29-25(26)31)24(27)19-4-3-18-9-11-28-16-21(18)13-19/h3-9,11,13-16,24H,10,12,27H2,1-2H3,(H,29,31)/t24?,26-/m0/s1. The second kappa shape index (κ2) is 8.60. The lowest BCUT2D eigenvalue weighted by Gasteiger charge is -2.40. The largest absolute Gasteiger partial charge is 0.497 e. The molecule has 1 aromatic heterocycles. The van der Waals surface area contributed by atoms with Crippen molar-refractivity contribution in [3.63, 3.8) is 0 Å². The zero-order chi connectivity index (χ0) is 24.8. The van der Waals surface area contributed by atoms with Gasteiger partial charge in [0.2, 0.25) is 15.9 Å². The van der Waals surface area contributed by atoms with Crippen LogP contribution in [0, 0.1) is 0 Å². The summed E-state index contributed by atoms with van der Waals surface area (Å²) in [5.41, 5.74) is 5.89. The van der Waals surface area contributed by atoms with Crippen molar-refractivity contribution in [1.82, 2.24) is 14.6 Å². The number of nitrogens with zero attached hydrogens (tertiary/aromatic N) is 2. The number of methoxy groups -OCH3 is 1. The first-order chi connectivity index (χ1) is 16.8. The van der Waals surface area contributed by atoms with Gasteiger partial charge in [-0.3, -0.25) is 9.78 Å². The van der Waals surface area contributed by atoms with Crippen LogP contribution in [0.4, 0.5) is 0 Å². The Morgan fingerprint density at radius 1 is 1.03 bits per heavy atom. The molecule has 35 heavy (non-hydrogen) atoms. The fourth-order valence-corrected chi connectivity index (χ4v) is 6.41. The lowest BCUT2D eigenvalue weighted by Crippen LogP contribution is -2.60. The highest BCUT2D eigenvalue weighted by molar-refractivity contribution is 7.89. The van der Waals surface area contributed by atoms with Crippen LogP contribution in [0.1, 0.15) is 18.0 Å². The van der Waals surface area contributed by atoms with Gasteiger partial charge in [0.25, 0.3) is 0 Å². The van der Waals surface area contributed by atoms with E-state index in [1.54, 1.807) is 43.8 Å². The number of benzene rings is 3. The molecule has 3 N–H and O–H groups in total. The van der Waals surface area contributed by atoms with Crippen molar-refractivity contribution in [1.29, 1.82) is 0 Å². The number of fused-ring (bicyclic) bond motifs is 2. The number of nitrogens with two attached hydrogens (primary N) is 1. The molecular weight excluding hydrogens is 464 g/mol. The topological polar surface area (TPSA) is 115 Å². The highest BCUT2D eigenvalue weighted by atomic mass is 32.2. The van der Waals surface area contributed by atoms with Gasteiger partial charge in [0.15, 0.2) is 0 Å². The maximum absolute atomic E-state index is 13.9. The number of aromatic nitrogens is 1. The smallest absolute Gasteiger partial charge is 0.243 e. The monoisotopic (exact) mass is 490 g/mol. The maximum atomic E-state index is 13.9. The van der Waals surface area contributed by atoms with Gasteiger partial charge < -0.3 is 15.8 Å². The molecule has 0 spiro atoms. The fraction of sp³-hybridized carbons (Fsp3) is 0.231. The lowest BCUT2D eigenvalue weighted by atomic mass is 9.84. The molecule has 0 aliphatic carbocycles. The molecule has 0 radical (unpaired) electrons. The molecule has 1 amide bonds. The third kappa shape index (κ3) is 3.72. The summed E-state index contributed by atoms with van der Waals surface area (Å²) in [5.74, 6) is 0.213. The first-order valence-electron chi connectivity index (χ1n) is 11.2. The van der Waals surface area contributed by atoms with Crippen LogP contribution in [-0.2, 0) is 14.8 Å². The van der Waals surface area contributed by atoms with E-state index in [2.05, 4.69) is 10.3 Å². The fourth-order valence-electron chi connectivity index (χ4n) is 4.86. The van der Waals surface area contributed by atoms with Crippen LogP contribution in [0.3, 0.4) is 0 Å². The predicted octanol–water partition coefficient (Wildman–Crippen LogP) is 2.98. The molecule has 2 heterocycles. The van der Waals surface area contributed by atoms with E-state index >= 15 is 0 Å². The van der Waals surface area contributed by atoms with Gasteiger partial charge in [-0.05, 0) is 64.5 Å². The van der Waals surface area contributed by atoms with E-state index in [-0.39, 0.29) is 11.3 Å². The molecule has 2 atom stereocenters. The number of amides is 1. The molecule has 180 valence electrons. The number of sulfonamides is 1. The zero-order valence-corrected chi connectivity index (χ0v) is 20.2. The molecule has 8 nitrogen and oxygen atoms in total. The van der Waals surface area contributed by atoms with Crippen molar-refractivity contribution in [3.05, 3.63) is 78.6 Å². The van der Waals surface area contributed by atoms with Crippen LogP contribution in [0.15, 0.2) is 78.0 Å². The van der Waals surface area contributed by atoms with E-state index in [1.807, 2.05) is 36.4 Å². The van der Waals surface area contributed by atoms with Gasteiger partial charge in [0, 0.05) is 31.4 Å². The van der Waals surface area contributed by atoms with Crippen LogP contribution in [0.25, 0.3) is 21.5 Å². The zero-order valence-electron chi connectivity index (χ0n) is 19.4. The number of pyridine rings is 1. The summed E-state index contributed by atoms with van der Waals surface area (Å²) in [4.78, 5) is 17.5. The molecule has 5 rings (SSSR count). The van der Waals surface area contributed by atoms with Crippen LogP contribution in [0.2, 0.25) is 0 Å². The number of carbonyl (C=O) groups excluding carboxylic acids is 1. The number of hydrogen-bond acceptors (Lipinski definition) is 6. The molecule has 0 saturated carbocycles. The van der Waals surface area contributed by atoms with Crippen molar-refractivity contribution >= 4 is 37.5 Å². The van der Waals surface area contributed by atoms with Gasteiger partial charge in [-0.15, -0.1) is 0 Å². The van der Waals surface area contributed by atoms with Gasteiger partial charge in [-0.2, -0.15) is 4.31 Å². The molecule has 4 aromatic rings. The van der Waals surface area contributed by atoms with E-state index < -0.39 is 27.5 Å². The van der Waals surface area contributed by atoms with Gasteiger partial charge >= 0.3 is 0 Å². The average Bonchev–Trinajstić information content (AvgIpc) is 3.28. The Morgan fingerprint density at radius 2 is 1.77 bits per heavy atom. The number of carbonyl (C=O) groups is 1. The Bertz CT molecular complexity index is 1560. The molecule has 0 bridgehead atoms. The quantitative estimate of drug-likeness (QED) is 0.430. The maximum Gasteiger partial charge on any atom is 0.243 e. The van der Waals surface area contributed by atoms with Crippen molar-refractivity contribution in [2.45, 2.75) is 22.9 Å². The minimum atomic E-state index is -4.08. The summed E-state index contributed by atoms with van der Waals surface area (Å²) >= 11 is 0. The molecule has 3 aromatic carbocycles. The molecule has 9 heteroatoms. The summed E-state index contributed by atoms with van der Waals surface area (Å²) in [7, 11) is -1.09. The first kappa shape index (κ1) is 23.2. The molecule has 1 aliphatic rings. The summed E-state index contributed by atoms with van der Waals surface area (Å²) in [5, 5.41) is 6.23. The van der Waals surface area contributed by atoms with Crippen molar-refractivity contribution in [2.24, 2.45) is 5.73 Å². The highest BCUT2D eigenvalue weighted by Gasteiger charge is 2.55. The van der Waals surface area contributed by atoms with E-state index in [0.717, 1.165) is 25.9 Å². The summed E-state index contributed by atoms with van der Waals surface area (Å²) in [6, 6.07) is 16.9. The Balaban J connectivity index is 1.59. The number of nitrogens with one attached hydrogen (secondary N) is 1. The predicted molar refractivity (Wildman–Crippen MR) is 134 cm³/mol. The normalized spacial score (nSPS) is 19.3. The third-order valence-electron chi connectivity index (χ3n) is 6.96. The summed E-state index contributed by atoms with van der Waals surface area (Å²) < 4.78 is 34.2. The van der Waals surface area contributed by atoms with Gasteiger partial charge in [0.1, 0.15) is 11.3 Å². The number of likely N-dealkylation sites (N-methyl/N-ethyl adjacent to an activating group) is 1. The lowest BCUT2D eigenvalue weighted by molar-refractivity contribution is -0.128. The Morgan fingerprint density at radius 3 is 2.51 bits per heavy atom. The number of ether oxygens (including phenoxy) is 1. The minimum Gasteiger partial charge on any atom is -0.497 e. The Labute approximate surface area is 203 Å². The first-order valence-corrected chi connectivity index (χ1v) is 12.7. The van der Waals surface area contributed by atoms with Crippen LogP contribution in [-0.4, -0.2) is 49.9 Å². The van der Waals surface area contributed by atoms with Crippen molar-refractivity contribution in [2.75, 3.05) is 20.7 Å². The molecule has 1 unspecified atom stereocenters. The molecule has 1 aliphatic heterocycles. The van der Waals surface area contributed by atoms with Crippen molar-refractivity contribution in [3.8, 4) is 5.75 Å².